The van der Waals surface area contributed by atoms with Gasteiger partial charge in [0.2, 0.25) is 4.73 Å². The summed E-state index contributed by atoms with van der Waals surface area (Å²) in [5.41, 5.74) is 1.62. The van der Waals surface area contributed by atoms with Gasteiger partial charge in [-0.1, -0.05) is 0 Å². The van der Waals surface area contributed by atoms with Crippen molar-refractivity contribution in [2.24, 2.45) is 7.05 Å². The third-order valence-corrected chi connectivity index (χ3v) is 2.42. The van der Waals surface area contributed by atoms with Gasteiger partial charge in [0.1, 0.15) is 6.33 Å². The summed E-state index contributed by atoms with van der Waals surface area (Å²) < 4.78 is 3.93. The van der Waals surface area contributed by atoms with Crippen LogP contribution in [-0.2, 0) is 13.6 Å². The summed E-state index contributed by atoms with van der Waals surface area (Å²) >= 11 is 3.16. The normalized spacial score (nSPS) is 10.9. The molecular weight excluding hydrogens is 264 g/mol. The molecule has 2 aromatic rings. The molecule has 0 radical (unpaired) electrons. The molecule has 0 saturated heterocycles. The van der Waals surface area contributed by atoms with Gasteiger partial charge in [0.05, 0.1) is 18.4 Å². The van der Waals surface area contributed by atoms with Gasteiger partial charge < -0.3 is 10.7 Å². The van der Waals surface area contributed by atoms with Crippen molar-refractivity contribution in [1.29, 1.82) is 0 Å². The molecule has 0 aliphatic carbocycles. The lowest BCUT2D eigenvalue weighted by atomic mass is 10.5. The molecule has 2 aromatic heterocycles. The Morgan fingerprint density at radius 1 is 1.53 bits per heavy atom. The monoisotopic (exact) mass is 272 g/mol. The van der Waals surface area contributed by atoms with E-state index in [1.165, 1.54) is 0 Å². The van der Waals surface area contributed by atoms with E-state index < -0.39 is 0 Å². The summed E-state index contributed by atoms with van der Waals surface area (Å²) in [5, 5.41) is 14.6. The maximum Gasteiger partial charge on any atom is 0.305 e. The molecule has 0 saturated carbocycles. The summed E-state index contributed by atoms with van der Waals surface area (Å²) in [7, 11) is 1.79. The molecular formula is C7H9BrN6O. The molecule has 0 aliphatic rings. The Hall–Kier alpha value is -1.25. The molecule has 0 atom stereocenters. The molecule has 0 unspecified atom stereocenters. The standard InChI is InChI=1S/C7H9BrN6O/c1-13-5(2-9-7(13)12-15)3-14-4-10-6(8)11-14/h2,4H,3,12H2,1H3. The molecule has 0 amide bonds. The Bertz CT molecular complexity index is 464. The van der Waals surface area contributed by atoms with E-state index in [0.29, 0.717) is 17.2 Å². The fraction of sp³-hybridized carbons (Fsp3) is 0.286. The van der Waals surface area contributed by atoms with Gasteiger partial charge in [0, 0.05) is 7.05 Å². The van der Waals surface area contributed by atoms with Gasteiger partial charge in [-0.2, -0.15) is 4.98 Å². The molecule has 80 valence electrons. The predicted molar refractivity (Wildman–Crippen MR) is 55.0 cm³/mol. The lowest BCUT2D eigenvalue weighted by molar-refractivity contribution is -0.507. The predicted octanol–water partition coefficient (Wildman–Crippen LogP) is -0.485. The maximum atomic E-state index is 10.6. The van der Waals surface area contributed by atoms with Crippen molar-refractivity contribution in [1.82, 2.24) is 24.3 Å². The average Bonchev–Trinajstić information content (AvgIpc) is 2.76. The lowest BCUT2D eigenvalue weighted by Crippen LogP contribution is -2.71. The number of nitrogens with zero attached hydrogens (tertiary/aromatic N) is 5. The third kappa shape index (κ3) is 2.06. The number of aromatic nitrogens is 5. The van der Waals surface area contributed by atoms with Crippen LogP contribution in [0, 0.1) is 5.21 Å². The zero-order valence-electron chi connectivity index (χ0n) is 7.96. The fourth-order valence-corrected chi connectivity index (χ4v) is 1.53. The van der Waals surface area contributed by atoms with Crippen molar-refractivity contribution in [2.45, 2.75) is 6.54 Å². The van der Waals surface area contributed by atoms with Crippen LogP contribution in [0.15, 0.2) is 17.3 Å². The summed E-state index contributed by atoms with van der Waals surface area (Å²) in [6, 6.07) is 0. The maximum absolute atomic E-state index is 10.6. The fourth-order valence-electron chi connectivity index (χ4n) is 1.23. The highest BCUT2D eigenvalue weighted by atomic mass is 79.9. The van der Waals surface area contributed by atoms with E-state index in [1.807, 2.05) is 0 Å². The molecule has 2 rings (SSSR count). The Morgan fingerprint density at radius 2 is 2.33 bits per heavy atom. The van der Waals surface area contributed by atoms with Crippen LogP contribution in [0.3, 0.4) is 0 Å². The molecule has 2 heterocycles. The Balaban J connectivity index is 2.21. The zero-order chi connectivity index (χ0) is 10.8. The van der Waals surface area contributed by atoms with Crippen molar-refractivity contribution in [3.8, 4) is 0 Å². The van der Waals surface area contributed by atoms with Gasteiger partial charge >= 0.3 is 5.95 Å². The molecule has 0 spiro atoms. The molecule has 0 aromatic carbocycles. The van der Waals surface area contributed by atoms with Crippen LogP contribution in [0.2, 0.25) is 0 Å². The first-order valence-corrected chi connectivity index (χ1v) is 5.00. The first kappa shape index (κ1) is 10.3. The molecule has 7 nitrogen and oxygen atoms in total. The highest BCUT2D eigenvalue weighted by Gasteiger charge is 2.08. The van der Waals surface area contributed by atoms with Gasteiger partial charge in [-0.05, 0) is 15.9 Å². The number of imidazole rings is 1. The molecule has 0 fully saturated rings. The molecule has 0 aliphatic heterocycles. The summed E-state index contributed by atoms with van der Waals surface area (Å²) in [5.74, 6) is 0.407. The molecule has 8 heteroatoms. The van der Waals surface area contributed by atoms with E-state index in [-0.39, 0.29) is 0 Å². The molecule has 15 heavy (non-hydrogen) atoms. The van der Waals surface area contributed by atoms with Crippen LogP contribution in [-0.4, -0.2) is 24.3 Å². The number of halogens is 1. The minimum atomic E-state index is 0.407. The van der Waals surface area contributed by atoms with Crippen LogP contribution in [0.1, 0.15) is 5.69 Å². The second-order valence-electron chi connectivity index (χ2n) is 3.00. The summed E-state index contributed by atoms with van der Waals surface area (Å²) in [6.45, 7) is 0.538. The van der Waals surface area contributed by atoms with E-state index in [0.717, 1.165) is 11.2 Å². The number of nitrogens with two attached hydrogens (primary N) is 1. The van der Waals surface area contributed by atoms with E-state index in [1.54, 1.807) is 28.8 Å². The van der Waals surface area contributed by atoms with Crippen molar-refractivity contribution in [3.63, 3.8) is 0 Å². The van der Waals surface area contributed by atoms with E-state index in [2.05, 4.69) is 31.0 Å². The largest absolute Gasteiger partial charge is 0.628 e. The smallest absolute Gasteiger partial charge is 0.305 e. The van der Waals surface area contributed by atoms with Crippen molar-refractivity contribution in [2.75, 3.05) is 0 Å². The van der Waals surface area contributed by atoms with Gasteiger partial charge in [0.25, 0.3) is 0 Å². The van der Waals surface area contributed by atoms with E-state index in [9.17, 15) is 5.21 Å². The second-order valence-corrected chi connectivity index (χ2v) is 3.71. The number of quaternary nitrogens is 1. The number of hydrogen-bond donors (Lipinski definition) is 1. The minimum absolute atomic E-state index is 0.407. The number of hydrogen-bond acceptors (Lipinski definition) is 4. The van der Waals surface area contributed by atoms with E-state index in [4.69, 9.17) is 0 Å². The SMILES string of the molecule is Cn1c(Cn2cnc(Br)n2)cnc1[NH2+][O-]. The zero-order valence-corrected chi connectivity index (χ0v) is 9.55. The van der Waals surface area contributed by atoms with Gasteiger partial charge in [-0.25, -0.2) is 9.67 Å². The first-order valence-electron chi connectivity index (χ1n) is 4.21. The van der Waals surface area contributed by atoms with Gasteiger partial charge in [-0.3, -0.25) is 4.57 Å². The van der Waals surface area contributed by atoms with E-state index >= 15 is 0 Å². The van der Waals surface area contributed by atoms with Gasteiger partial charge in [0.15, 0.2) is 0 Å². The van der Waals surface area contributed by atoms with Gasteiger partial charge in [-0.15, -0.1) is 5.10 Å². The highest BCUT2D eigenvalue weighted by Crippen LogP contribution is 2.06. The van der Waals surface area contributed by atoms with Crippen LogP contribution in [0.5, 0.6) is 0 Å². The second kappa shape index (κ2) is 4.09. The Kier molecular flexibility index (Phi) is 2.80. The number of rotatable bonds is 3. The highest BCUT2D eigenvalue weighted by molar-refractivity contribution is 9.10. The first-order chi connectivity index (χ1) is 7.20. The molecule has 2 N–H and O–H groups in total. The van der Waals surface area contributed by atoms with Crippen LogP contribution >= 0.6 is 15.9 Å². The van der Waals surface area contributed by atoms with Crippen LogP contribution < -0.4 is 5.48 Å². The van der Waals surface area contributed by atoms with Crippen molar-refractivity contribution >= 4 is 21.9 Å². The Labute approximate surface area is 93.8 Å². The minimum Gasteiger partial charge on any atom is -0.628 e. The quantitative estimate of drug-likeness (QED) is 0.765. The third-order valence-electron chi connectivity index (χ3n) is 2.06. The van der Waals surface area contributed by atoms with Crippen LogP contribution in [0.25, 0.3) is 0 Å². The average molecular weight is 273 g/mol. The lowest BCUT2D eigenvalue weighted by Gasteiger charge is -2.04. The molecule has 0 bridgehead atoms. The van der Waals surface area contributed by atoms with Crippen molar-refractivity contribution in [3.05, 3.63) is 28.2 Å². The van der Waals surface area contributed by atoms with Crippen molar-refractivity contribution < 1.29 is 5.48 Å². The topological polar surface area (TPSA) is 88.2 Å². The Morgan fingerprint density at radius 3 is 2.87 bits per heavy atom. The summed E-state index contributed by atoms with van der Waals surface area (Å²) in [4.78, 5) is 7.90. The van der Waals surface area contributed by atoms with Crippen LogP contribution in [0.4, 0.5) is 5.95 Å². The summed E-state index contributed by atoms with van der Waals surface area (Å²) in [6.07, 6.45) is 3.26.